The Labute approximate surface area is 251 Å². The molecule has 0 aliphatic heterocycles. The van der Waals surface area contributed by atoms with Crippen molar-refractivity contribution in [1.82, 2.24) is 0 Å². The average molecular weight is 672 g/mol. The second-order valence-corrected chi connectivity index (χ2v) is 11.6. The summed E-state index contributed by atoms with van der Waals surface area (Å²) in [4.78, 5) is 0. The van der Waals surface area contributed by atoms with E-state index in [1.165, 1.54) is 22.3 Å². The van der Waals surface area contributed by atoms with Crippen molar-refractivity contribution in [3.05, 3.63) is 56.5 Å². The largest absolute Gasteiger partial charge is 0.382 e. The van der Waals surface area contributed by atoms with E-state index in [4.69, 9.17) is 28.4 Å². The van der Waals surface area contributed by atoms with E-state index in [1.54, 1.807) is 14.2 Å². The first kappa shape index (κ1) is 32.7. The lowest BCUT2D eigenvalue weighted by atomic mass is 9.71. The third-order valence-corrected chi connectivity index (χ3v) is 8.16. The van der Waals surface area contributed by atoms with Crippen LogP contribution < -0.4 is 0 Å². The Bertz CT molecular complexity index is 893. The molecule has 39 heavy (non-hydrogen) atoms. The van der Waals surface area contributed by atoms with Crippen LogP contribution >= 0.6 is 31.9 Å². The van der Waals surface area contributed by atoms with Gasteiger partial charge in [0.1, 0.15) is 0 Å². The first-order chi connectivity index (χ1) is 19.1. The van der Waals surface area contributed by atoms with Gasteiger partial charge in [0, 0.05) is 41.8 Å². The molecule has 0 saturated heterocycles. The maximum atomic E-state index is 5.84. The van der Waals surface area contributed by atoms with Gasteiger partial charge in [0.05, 0.1) is 52.9 Å². The molecule has 0 heterocycles. The Balaban J connectivity index is 1.59. The van der Waals surface area contributed by atoms with Crippen molar-refractivity contribution >= 4 is 31.9 Å². The van der Waals surface area contributed by atoms with Gasteiger partial charge in [-0.2, -0.15) is 0 Å². The van der Waals surface area contributed by atoms with Crippen LogP contribution in [0.2, 0.25) is 0 Å². The SMILES string of the molecule is COCCOCCOCCCCC1(CCCCOCCOCCOC)c2cc(Br)ccc2-c2ccc(Br)cc21. The molecule has 0 unspecified atom stereocenters. The van der Waals surface area contributed by atoms with Gasteiger partial charge in [0.15, 0.2) is 0 Å². The van der Waals surface area contributed by atoms with Gasteiger partial charge < -0.3 is 28.4 Å². The van der Waals surface area contributed by atoms with Crippen molar-refractivity contribution in [1.29, 1.82) is 0 Å². The third-order valence-electron chi connectivity index (χ3n) is 7.18. The molecule has 0 N–H and O–H groups in total. The zero-order valence-corrected chi connectivity index (χ0v) is 26.7. The molecule has 2 aromatic carbocycles. The molecule has 3 rings (SSSR count). The van der Waals surface area contributed by atoms with Crippen LogP contribution in [0.1, 0.15) is 49.7 Å². The summed E-state index contributed by atoms with van der Waals surface area (Å²) in [7, 11) is 3.36. The summed E-state index contributed by atoms with van der Waals surface area (Å²) < 4.78 is 35.0. The molecule has 0 atom stereocenters. The third kappa shape index (κ3) is 10.2. The molecule has 6 nitrogen and oxygen atoms in total. The van der Waals surface area contributed by atoms with E-state index in [-0.39, 0.29) is 5.41 Å². The summed E-state index contributed by atoms with van der Waals surface area (Å²) in [6.45, 7) is 6.42. The Morgan fingerprint density at radius 1 is 0.513 bits per heavy atom. The molecular formula is C31H44Br2O6. The van der Waals surface area contributed by atoms with Crippen molar-refractivity contribution < 1.29 is 28.4 Å². The second kappa shape index (κ2) is 18.6. The molecule has 1 aliphatic rings. The molecule has 0 radical (unpaired) electrons. The smallest absolute Gasteiger partial charge is 0.0701 e. The zero-order valence-electron chi connectivity index (χ0n) is 23.5. The molecule has 0 amide bonds. The number of rotatable bonds is 22. The van der Waals surface area contributed by atoms with Crippen LogP contribution in [0.3, 0.4) is 0 Å². The molecule has 0 bridgehead atoms. The van der Waals surface area contributed by atoms with Crippen LogP contribution in [-0.4, -0.2) is 80.3 Å². The quantitative estimate of drug-likeness (QED) is 0.124. The highest BCUT2D eigenvalue weighted by Crippen LogP contribution is 2.55. The highest BCUT2D eigenvalue weighted by Gasteiger charge is 2.42. The molecule has 1 aliphatic carbocycles. The molecule has 2 aromatic rings. The predicted molar refractivity (Wildman–Crippen MR) is 163 cm³/mol. The average Bonchev–Trinajstić information content (AvgIpc) is 3.19. The summed E-state index contributed by atoms with van der Waals surface area (Å²) in [5, 5.41) is 0. The van der Waals surface area contributed by atoms with Gasteiger partial charge in [-0.15, -0.1) is 0 Å². The molecule has 0 saturated carbocycles. The first-order valence-corrected chi connectivity index (χ1v) is 15.6. The Morgan fingerprint density at radius 3 is 1.31 bits per heavy atom. The minimum Gasteiger partial charge on any atom is -0.382 e. The lowest BCUT2D eigenvalue weighted by molar-refractivity contribution is 0.0233. The van der Waals surface area contributed by atoms with E-state index >= 15 is 0 Å². The van der Waals surface area contributed by atoms with Gasteiger partial charge in [0.2, 0.25) is 0 Å². The topological polar surface area (TPSA) is 55.4 Å². The number of hydrogen-bond donors (Lipinski definition) is 0. The Hall–Kier alpha value is -0.840. The van der Waals surface area contributed by atoms with Crippen molar-refractivity contribution in [2.24, 2.45) is 0 Å². The van der Waals surface area contributed by atoms with Crippen LogP contribution in [0.25, 0.3) is 11.1 Å². The molecule has 8 heteroatoms. The number of methoxy groups -OCH3 is 2. The first-order valence-electron chi connectivity index (χ1n) is 14.0. The van der Waals surface area contributed by atoms with Gasteiger partial charge in [-0.05, 0) is 85.0 Å². The fourth-order valence-corrected chi connectivity index (χ4v) is 6.02. The van der Waals surface area contributed by atoms with Gasteiger partial charge in [-0.25, -0.2) is 0 Å². The minimum absolute atomic E-state index is 0.0231. The van der Waals surface area contributed by atoms with Crippen molar-refractivity contribution in [3.8, 4) is 11.1 Å². The molecule has 218 valence electrons. The Morgan fingerprint density at radius 2 is 0.897 bits per heavy atom. The number of halogens is 2. The molecular weight excluding hydrogens is 628 g/mol. The lowest BCUT2D eigenvalue weighted by Gasteiger charge is -2.33. The molecule has 0 spiro atoms. The van der Waals surface area contributed by atoms with Crippen LogP contribution in [0.4, 0.5) is 0 Å². The summed E-state index contributed by atoms with van der Waals surface area (Å²) >= 11 is 7.51. The summed E-state index contributed by atoms with van der Waals surface area (Å²) in [6, 6.07) is 13.5. The van der Waals surface area contributed by atoms with E-state index in [2.05, 4.69) is 68.3 Å². The van der Waals surface area contributed by atoms with E-state index in [0.29, 0.717) is 52.9 Å². The Kier molecular flexibility index (Phi) is 15.6. The maximum absolute atomic E-state index is 5.84. The molecule has 0 aromatic heterocycles. The van der Waals surface area contributed by atoms with Crippen molar-refractivity contribution in [3.63, 3.8) is 0 Å². The van der Waals surface area contributed by atoms with E-state index in [9.17, 15) is 0 Å². The normalized spacial score (nSPS) is 13.5. The number of fused-ring (bicyclic) bond motifs is 3. The van der Waals surface area contributed by atoms with Gasteiger partial charge in [0.25, 0.3) is 0 Å². The second-order valence-electron chi connectivity index (χ2n) is 9.81. The fourth-order valence-electron chi connectivity index (χ4n) is 5.29. The monoisotopic (exact) mass is 670 g/mol. The van der Waals surface area contributed by atoms with Crippen LogP contribution in [0, 0.1) is 0 Å². The van der Waals surface area contributed by atoms with Gasteiger partial charge in [-0.3, -0.25) is 0 Å². The molecule has 0 fully saturated rings. The summed E-state index contributed by atoms with van der Waals surface area (Å²) in [6.07, 6.45) is 6.41. The van der Waals surface area contributed by atoms with Crippen molar-refractivity contribution in [2.45, 2.75) is 43.9 Å². The minimum atomic E-state index is -0.0231. The van der Waals surface area contributed by atoms with E-state index in [1.807, 2.05) is 0 Å². The lowest BCUT2D eigenvalue weighted by Crippen LogP contribution is -2.26. The van der Waals surface area contributed by atoms with Gasteiger partial charge in [-0.1, -0.05) is 44.0 Å². The van der Waals surface area contributed by atoms with Crippen LogP contribution in [0.5, 0.6) is 0 Å². The highest BCUT2D eigenvalue weighted by atomic mass is 79.9. The number of ether oxygens (including phenoxy) is 6. The zero-order chi connectivity index (χ0) is 27.8. The van der Waals surface area contributed by atoms with E-state index in [0.717, 1.165) is 60.7 Å². The van der Waals surface area contributed by atoms with Crippen LogP contribution in [-0.2, 0) is 33.8 Å². The fraction of sp³-hybridized carbons (Fsp3) is 0.613. The predicted octanol–water partition coefficient (Wildman–Crippen LogP) is 7.18. The maximum Gasteiger partial charge on any atom is 0.0701 e. The number of unbranched alkanes of at least 4 members (excludes halogenated alkanes) is 2. The number of benzene rings is 2. The number of hydrogen-bond acceptors (Lipinski definition) is 6. The van der Waals surface area contributed by atoms with Crippen molar-refractivity contribution in [2.75, 3.05) is 80.3 Å². The van der Waals surface area contributed by atoms with Gasteiger partial charge >= 0.3 is 0 Å². The highest BCUT2D eigenvalue weighted by molar-refractivity contribution is 9.10. The van der Waals surface area contributed by atoms with Crippen LogP contribution in [0.15, 0.2) is 45.3 Å². The summed E-state index contributed by atoms with van der Waals surface area (Å²) in [5.41, 5.74) is 5.56. The van der Waals surface area contributed by atoms with E-state index < -0.39 is 0 Å². The standard InChI is InChI=1S/C31H44Br2O6/c1-34-15-17-38-21-19-36-13-5-3-11-31(12-4-6-14-37-20-22-39-18-16-35-2)29-23-25(32)7-9-27(29)28-10-8-26(33)24-30(28)31/h7-10,23-24H,3-6,11-22H2,1-2H3. The summed E-state index contributed by atoms with van der Waals surface area (Å²) in [5.74, 6) is 0.